The standard InChI is InChI=1S/C11H21N3O3/c1-11(2,3)17-10(16)12-9(15)13-14-7-5-4-6-8-14/h4-8H2,1-3H3,(H2,12,13,15,16). The molecule has 0 saturated carbocycles. The zero-order chi connectivity index (χ0) is 12.9. The fourth-order valence-corrected chi connectivity index (χ4v) is 1.57. The van der Waals surface area contributed by atoms with Crippen LogP contribution in [0.3, 0.4) is 0 Å². The van der Waals surface area contributed by atoms with Gasteiger partial charge < -0.3 is 4.74 Å². The third-order valence-corrected chi connectivity index (χ3v) is 2.23. The molecule has 3 amide bonds. The number of carbonyl (C=O) groups is 2. The molecule has 0 aromatic carbocycles. The van der Waals surface area contributed by atoms with E-state index >= 15 is 0 Å². The van der Waals surface area contributed by atoms with Crippen molar-refractivity contribution in [3.8, 4) is 0 Å². The van der Waals surface area contributed by atoms with Crippen LogP contribution < -0.4 is 10.7 Å². The number of nitrogens with zero attached hydrogens (tertiary/aromatic N) is 1. The summed E-state index contributed by atoms with van der Waals surface area (Å²) >= 11 is 0. The van der Waals surface area contributed by atoms with Crippen molar-refractivity contribution in [3.63, 3.8) is 0 Å². The lowest BCUT2D eigenvalue weighted by Crippen LogP contribution is -2.51. The summed E-state index contributed by atoms with van der Waals surface area (Å²) in [6.45, 7) is 6.88. The van der Waals surface area contributed by atoms with Crippen LogP contribution in [0.25, 0.3) is 0 Å². The van der Waals surface area contributed by atoms with Crippen molar-refractivity contribution in [1.29, 1.82) is 0 Å². The molecule has 6 heteroatoms. The second-order valence-corrected chi connectivity index (χ2v) is 5.12. The van der Waals surface area contributed by atoms with Crippen LogP contribution in [0.15, 0.2) is 0 Å². The molecule has 1 fully saturated rings. The largest absolute Gasteiger partial charge is 0.443 e. The van der Waals surface area contributed by atoms with E-state index in [-0.39, 0.29) is 0 Å². The van der Waals surface area contributed by atoms with Gasteiger partial charge in [0.1, 0.15) is 5.60 Å². The molecule has 0 spiro atoms. The van der Waals surface area contributed by atoms with Gasteiger partial charge in [0, 0.05) is 13.1 Å². The van der Waals surface area contributed by atoms with E-state index in [1.807, 2.05) is 5.01 Å². The molecule has 1 saturated heterocycles. The topological polar surface area (TPSA) is 70.7 Å². The lowest BCUT2D eigenvalue weighted by molar-refractivity contribution is 0.0536. The highest BCUT2D eigenvalue weighted by Gasteiger charge is 2.19. The summed E-state index contributed by atoms with van der Waals surface area (Å²) in [5.41, 5.74) is 2.02. The van der Waals surface area contributed by atoms with E-state index in [4.69, 9.17) is 4.74 Å². The van der Waals surface area contributed by atoms with Crippen molar-refractivity contribution in [1.82, 2.24) is 15.8 Å². The predicted octanol–water partition coefficient (Wildman–Crippen LogP) is 1.62. The molecule has 1 aliphatic rings. The van der Waals surface area contributed by atoms with Crippen LogP contribution in [-0.4, -0.2) is 35.8 Å². The molecule has 0 aromatic rings. The van der Waals surface area contributed by atoms with E-state index in [2.05, 4.69) is 10.7 Å². The first kappa shape index (κ1) is 13.8. The Labute approximate surface area is 102 Å². The third kappa shape index (κ3) is 6.11. The first-order chi connectivity index (χ1) is 7.87. The van der Waals surface area contributed by atoms with Crippen molar-refractivity contribution in [2.45, 2.75) is 45.6 Å². The summed E-state index contributed by atoms with van der Waals surface area (Å²) in [6.07, 6.45) is 2.58. The molecule has 98 valence electrons. The minimum absolute atomic E-state index is 0.541. The second kappa shape index (κ2) is 5.86. The molecule has 0 radical (unpaired) electrons. The molecule has 1 rings (SSSR count). The lowest BCUT2D eigenvalue weighted by Gasteiger charge is -2.27. The van der Waals surface area contributed by atoms with Crippen LogP contribution >= 0.6 is 0 Å². The van der Waals surface area contributed by atoms with Crippen molar-refractivity contribution in [2.75, 3.05) is 13.1 Å². The molecular weight excluding hydrogens is 222 g/mol. The second-order valence-electron chi connectivity index (χ2n) is 5.12. The molecule has 0 aliphatic carbocycles. The van der Waals surface area contributed by atoms with Gasteiger partial charge in [-0.25, -0.2) is 19.9 Å². The zero-order valence-corrected chi connectivity index (χ0v) is 10.7. The van der Waals surface area contributed by atoms with E-state index in [1.54, 1.807) is 20.8 Å². The highest BCUT2D eigenvalue weighted by molar-refractivity contribution is 5.90. The maximum Gasteiger partial charge on any atom is 0.415 e. The molecule has 0 unspecified atom stereocenters. The Morgan fingerprint density at radius 1 is 1.12 bits per heavy atom. The van der Waals surface area contributed by atoms with Crippen LogP contribution in [0.1, 0.15) is 40.0 Å². The number of rotatable bonds is 1. The highest BCUT2D eigenvalue weighted by atomic mass is 16.6. The average Bonchev–Trinajstić information content (AvgIpc) is 2.15. The Kier molecular flexibility index (Phi) is 4.74. The Hall–Kier alpha value is -1.30. The minimum atomic E-state index is -0.730. The Balaban J connectivity index is 2.26. The molecule has 0 aromatic heterocycles. The summed E-state index contributed by atoms with van der Waals surface area (Å²) in [5.74, 6) is 0. The first-order valence-electron chi connectivity index (χ1n) is 5.92. The Bertz CT molecular complexity index is 280. The zero-order valence-electron chi connectivity index (χ0n) is 10.7. The Morgan fingerprint density at radius 2 is 1.71 bits per heavy atom. The van der Waals surface area contributed by atoms with Gasteiger partial charge in [0.2, 0.25) is 0 Å². The number of imide groups is 1. The summed E-state index contributed by atoms with van der Waals surface area (Å²) in [5, 5.41) is 3.94. The van der Waals surface area contributed by atoms with Crippen LogP contribution in [0.4, 0.5) is 9.59 Å². The number of alkyl carbamates (subject to hydrolysis) is 1. The summed E-state index contributed by atoms with van der Waals surface area (Å²) in [7, 11) is 0. The van der Waals surface area contributed by atoms with Gasteiger partial charge in [-0.3, -0.25) is 5.43 Å². The van der Waals surface area contributed by atoms with Crippen molar-refractivity contribution < 1.29 is 14.3 Å². The summed E-state index contributed by atoms with van der Waals surface area (Å²) < 4.78 is 4.97. The summed E-state index contributed by atoms with van der Waals surface area (Å²) in [6, 6.07) is -0.541. The van der Waals surface area contributed by atoms with Gasteiger partial charge in [0.25, 0.3) is 0 Å². The van der Waals surface area contributed by atoms with Crippen molar-refractivity contribution in [2.24, 2.45) is 0 Å². The number of nitrogens with one attached hydrogen (secondary N) is 2. The molecule has 1 aliphatic heterocycles. The SMILES string of the molecule is CC(C)(C)OC(=O)NC(=O)NN1CCCCC1. The minimum Gasteiger partial charge on any atom is -0.443 e. The lowest BCUT2D eigenvalue weighted by atomic mass is 10.2. The maximum atomic E-state index is 11.4. The number of hydrazine groups is 1. The first-order valence-corrected chi connectivity index (χ1v) is 5.92. The van der Waals surface area contributed by atoms with E-state index in [9.17, 15) is 9.59 Å². The quantitative estimate of drug-likeness (QED) is 0.734. The third-order valence-electron chi connectivity index (χ3n) is 2.23. The van der Waals surface area contributed by atoms with Crippen LogP contribution in [0, 0.1) is 0 Å². The van der Waals surface area contributed by atoms with Crippen LogP contribution in [0.2, 0.25) is 0 Å². The van der Waals surface area contributed by atoms with Crippen molar-refractivity contribution >= 4 is 12.1 Å². The number of urea groups is 1. The maximum absolute atomic E-state index is 11.4. The van der Waals surface area contributed by atoms with Gasteiger partial charge in [0.05, 0.1) is 0 Å². The van der Waals surface area contributed by atoms with Gasteiger partial charge in [-0.1, -0.05) is 6.42 Å². The van der Waals surface area contributed by atoms with Crippen LogP contribution in [-0.2, 0) is 4.74 Å². The molecular formula is C11H21N3O3. The molecule has 6 nitrogen and oxygen atoms in total. The fraction of sp³-hybridized carbons (Fsp3) is 0.818. The van der Waals surface area contributed by atoms with Gasteiger partial charge in [0.15, 0.2) is 0 Å². The average molecular weight is 243 g/mol. The van der Waals surface area contributed by atoms with Crippen LogP contribution in [0.5, 0.6) is 0 Å². The molecule has 17 heavy (non-hydrogen) atoms. The molecule has 0 atom stereocenters. The molecule has 2 N–H and O–H groups in total. The molecule has 0 bridgehead atoms. The number of ether oxygens (including phenoxy) is 1. The Morgan fingerprint density at radius 3 is 2.24 bits per heavy atom. The summed E-state index contributed by atoms with van der Waals surface area (Å²) in [4.78, 5) is 22.7. The molecule has 1 heterocycles. The number of amides is 3. The predicted molar refractivity (Wildman–Crippen MR) is 63.3 cm³/mol. The van der Waals surface area contributed by atoms with Gasteiger partial charge in [-0.2, -0.15) is 0 Å². The van der Waals surface area contributed by atoms with Gasteiger partial charge in [-0.05, 0) is 33.6 Å². The smallest absolute Gasteiger partial charge is 0.415 e. The van der Waals surface area contributed by atoms with E-state index < -0.39 is 17.7 Å². The number of carbonyl (C=O) groups excluding carboxylic acids is 2. The van der Waals surface area contributed by atoms with Gasteiger partial charge in [-0.15, -0.1) is 0 Å². The van der Waals surface area contributed by atoms with E-state index in [0.717, 1.165) is 25.9 Å². The van der Waals surface area contributed by atoms with E-state index in [0.29, 0.717) is 0 Å². The van der Waals surface area contributed by atoms with Crippen molar-refractivity contribution in [3.05, 3.63) is 0 Å². The number of hydrogen-bond acceptors (Lipinski definition) is 4. The number of piperidine rings is 1. The van der Waals surface area contributed by atoms with E-state index in [1.165, 1.54) is 6.42 Å². The van der Waals surface area contributed by atoms with Gasteiger partial charge >= 0.3 is 12.1 Å². The highest BCUT2D eigenvalue weighted by Crippen LogP contribution is 2.07. The monoisotopic (exact) mass is 243 g/mol. The normalized spacial score (nSPS) is 17.4. The number of hydrogen-bond donors (Lipinski definition) is 2. The fourth-order valence-electron chi connectivity index (χ4n) is 1.57.